The number of hydrogen-bond donors (Lipinski definition) is 1. The average Bonchev–Trinajstić information content (AvgIpc) is 2.27. The molecule has 4 nitrogen and oxygen atoms in total. The van der Waals surface area contributed by atoms with E-state index in [0.717, 1.165) is 11.3 Å². The van der Waals surface area contributed by atoms with Gasteiger partial charge in [0.15, 0.2) is 0 Å². The lowest BCUT2D eigenvalue weighted by atomic mass is 10.2. The number of carbonyl (C=O) groups excluding carboxylic acids is 1. The monoisotopic (exact) mass is 209 g/mol. The molecule has 1 rings (SSSR count). The molecule has 0 radical (unpaired) electrons. The Kier molecular flexibility index (Phi) is 4.47. The number of benzene rings is 1. The molecule has 0 fully saturated rings. The summed E-state index contributed by atoms with van der Waals surface area (Å²) in [6, 6.07) is 7.51. The molecule has 0 aliphatic heterocycles. The molecular formula is C11H15NO3. The molecule has 82 valence electrons. The summed E-state index contributed by atoms with van der Waals surface area (Å²) in [5.74, 6) is 0.776. The van der Waals surface area contributed by atoms with Crippen molar-refractivity contribution in [1.82, 2.24) is 5.32 Å². The maximum atomic E-state index is 11.0. The summed E-state index contributed by atoms with van der Waals surface area (Å²) in [5, 5.41) is 2.63. The van der Waals surface area contributed by atoms with Crippen LogP contribution >= 0.6 is 0 Å². The summed E-state index contributed by atoms with van der Waals surface area (Å²) in [5.41, 5.74) is 0.974. The molecular weight excluding hydrogens is 194 g/mol. The van der Waals surface area contributed by atoms with Gasteiger partial charge in [-0.3, -0.25) is 0 Å². The van der Waals surface area contributed by atoms with Gasteiger partial charge in [0.2, 0.25) is 0 Å². The molecule has 0 saturated carbocycles. The lowest BCUT2D eigenvalue weighted by Crippen LogP contribution is -2.23. The number of rotatable bonds is 4. The van der Waals surface area contributed by atoms with Gasteiger partial charge in [0.05, 0.1) is 13.7 Å². The third-order valence-corrected chi connectivity index (χ3v) is 1.85. The van der Waals surface area contributed by atoms with Gasteiger partial charge in [-0.05, 0) is 24.6 Å². The fourth-order valence-electron chi connectivity index (χ4n) is 1.14. The molecule has 0 aliphatic rings. The summed E-state index contributed by atoms with van der Waals surface area (Å²) in [6.07, 6.45) is -0.402. The van der Waals surface area contributed by atoms with Gasteiger partial charge in [-0.2, -0.15) is 0 Å². The van der Waals surface area contributed by atoms with Crippen molar-refractivity contribution in [3.63, 3.8) is 0 Å². The molecule has 4 heteroatoms. The molecule has 0 heterocycles. The van der Waals surface area contributed by atoms with Gasteiger partial charge in [0.25, 0.3) is 0 Å². The summed E-state index contributed by atoms with van der Waals surface area (Å²) < 4.78 is 9.80. The van der Waals surface area contributed by atoms with Crippen LogP contribution in [0.4, 0.5) is 4.79 Å². The van der Waals surface area contributed by atoms with Gasteiger partial charge in [-0.1, -0.05) is 12.1 Å². The molecule has 0 aromatic heterocycles. The van der Waals surface area contributed by atoms with Crippen molar-refractivity contribution in [2.24, 2.45) is 0 Å². The van der Waals surface area contributed by atoms with Crippen LogP contribution in [-0.4, -0.2) is 19.8 Å². The van der Waals surface area contributed by atoms with Gasteiger partial charge in [0.1, 0.15) is 5.75 Å². The van der Waals surface area contributed by atoms with E-state index in [4.69, 9.17) is 9.47 Å². The standard InChI is InChI=1S/C11H15NO3/c1-3-15-11(13)12-8-9-5-4-6-10(7-9)14-2/h4-7H,3,8H2,1-2H3,(H,12,13). The SMILES string of the molecule is CCOC(=O)NCc1cccc(OC)c1. The van der Waals surface area contributed by atoms with Crippen molar-refractivity contribution in [1.29, 1.82) is 0 Å². The first-order valence-corrected chi connectivity index (χ1v) is 4.79. The van der Waals surface area contributed by atoms with Crippen LogP contribution in [0, 0.1) is 0 Å². The van der Waals surface area contributed by atoms with Crippen LogP contribution in [0.15, 0.2) is 24.3 Å². The summed E-state index contributed by atoms with van der Waals surface area (Å²) in [6.45, 7) is 2.59. The Hall–Kier alpha value is -1.71. The fraction of sp³-hybridized carbons (Fsp3) is 0.364. The Bertz CT molecular complexity index is 325. The van der Waals surface area contributed by atoms with Crippen LogP contribution in [0.1, 0.15) is 12.5 Å². The van der Waals surface area contributed by atoms with E-state index in [1.165, 1.54) is 0 Å². The fourth-order valence-corrected chi connectivity index (χ4v) is 1.14. The van der Waals surface area contributed by atoms with E-state index in [1.807, 2.05) is 24.3 Å². The molecule has 1 N–H and O–H groups in total. The van der Waals surface area contributed by atoms with Crippen LogP contribution in [0.3, 0.4) is 0 Å². The Morgan fingerprint density at radius 2 is 2.27 bits per heavy atom. The first-order chi connectivity index (χ1) is 7.26. The highest BCUT2D eigenvalue weighted by Crippen LogP contribution is 2.11. The Balaban J connectivity index is 2.46. The number of nitrogens with one attached hydrogen (secondary N) is 1. The number of ether oxygens (including phenoxy) is 2. The van der Waals surface area contributed by atoms with Gasteiger partial charge in [0, 0.05) is 6.54 Å². The number of hydrogen-bond acceptors (Lipinski definition) is 3. The number of carbonyl (C=O) groups is 1. The highest BCUT2D eigenvalue weighted by Gasteiger charge is 2.00. The largest absolute Gasteiger partial charge is 0.497 e. The minimum absolute atomic E-state index is 0.379. The molecule has 0 spiro atoms. The Morgan fingerprint density at radius 1 is 1.47 bits per heavy atom. The summed E-state index contributed by atoms with van der Waals surface area (Å²) >= 11 is 0. The second kappa shape index (κ2) is 5.90. The van der Waals surface area contributed by atoms with Crippen LogP contribution < -0.4 is 10.1 Å². The Labute approximate surface area is 89.2 Å². The molecule has 1 amide bonds. The average molecular weight is 209 g/mol. The number of amides is 1. The second-order valence-electron chi connectivity index (χ2n) is 2.93. The third kappa shape index (κ3) is 3.89. The van der Waals surface area contributed by atoms with Gasteiger partial charge >= 0.3 is 6.09 Å². The first-order valence-electron chi connectivity index (χ1n) is 4.79. The minimum atomic E-state index is -0.402. The minimum Gasteiger partial charge on any atom is -0.497 e. The van der Waals surface area contributed by atoms with E-state index in [0.29, 0.717) is 13.2 Å². The Morgan fingerprint density at radius 3 is 2.93 bits per heavy atom. The van der Waals surface area contributed by atoms with Crippen LogP contribution in [0.5, 0.6) is 5.75 Å². The zero-order valence-electron chi connectivity index (χ0n) is 8.95. The summed E-state index contributed by atoms with van der Waals surface area (Å²) in [4.78, 5) is 11.0. The van der Waals surface area contributed by atoms with E-state index in [2.05, 4.69) is 5.32 Å². The predicted molar refractivity (Wildman–Crippen MR) is 56.9 cm³/mol. The van der Waals surface area contributed by atoms with Crippen LogP contribution in [0.2, 0.25) is 0 Å². The molecule has 1 aromatic carbocycles. The lowest BCUT2D eigenvalue weighted by molar-refractivity contribution is 0.151. The smallest absolute Gasteiger partial charge is 0.407 e. The van der Waals surface area contributed by atoms with Crippen molar-refractivity contribution in [3.05, 3.63) is 29.8 Å². The van der Waals surface area contributed by atoms with Gasteiger partial charge < -0.3 is 14.8 Å². The van der Waals surface area contributed by atoms with Crippen molar-refractivity contribution < 1.29 is 14.3 Å². The lowest BCUT2D eigenvalue weighted by Gasteiger charge is -2.06. The molecule has 0 atom stereocenters. The van der Waals surface area contributed by atoms with Crippen molar-refractivity contribution in [3.8, 4) is 5.75 Å². The topological polar surface area (TPSA) is 47.6 Å². The molecule has 0 aliphatic carbocycles. The number of methoxy groups -OCH3 is 1. The van der Waals surface area contributed by atoms with Crippen LogP contribution in [-0.2, 0) is 11.3 Å². The molecule has 1 aromatic rings. The van der Waals surface area contributed by atoms with E-state index < -0.39 is 6.09 Å². The summed E-state index contributed by atoms with van der Waals surface area (Å²) in [7, 11) is 1.61. The molecule has 0 bridgehead atoms. The first kappa shape index (κ1) is 11.4. The zero-order valence-corrected chi connectivity index (χ0v) is 8.95. The van der Waals surface area contributed by atoms with E-state index >= 15 is 0 Å². The zero-order chi connectivity index (χ0) is 11.1. The van der Waals surface area contributed by atoms with Crippen molar-refractivity contribution in [2.45, 2.75) is 13.5 Å². The third-order valence-electron chi connectivity index (χ3n) is 1.85. The van der Waals surface area contributed by atoms with E-state index in [1.54, 1.807) is 14.0 Å². The second-order valence-corrected chi connectivity index (χ2v) is 2.93. The number of alkyl carbamates (subject to hydrolysis) is 1. The van der Waals surface area contributed by atoms with E-state index in [-0.39, 0.29) is 0 Å². The quantitative estimate of drug-likeness (QED) is 0.824. The highest BCUT2D eigenvalue weighted by atomic mass is 16.5. The van der Waals surface area contributed by atoms with Crippen molar-refractivity contribution in [2.75, 3.05) is 13.7 Å². The van der Waals surface area contributed by atoms with E-state index in [9.17, 15) is 4.79 Å². The maximum absolute atomic E-state index is 11.0. The normalized spacial score (nSPS) is 9.47. The molecule has 0 unspecified atom stereocenters. The predicted octanol–water partition coefficient (Wildman–Crippen LogP) is 1.94. The molecule has 15 heavy (non-hydrogen) atoms. The molecule has 0 saturated heterocycles. The van der Waals surface area contributed by atoms with Gasteiger partial charge in [-0.25, -0.2) is 4.79 Å². The highest BCUT2D eigenvalue weighted by molar-refractivity contribution is 5.67. The van der Waals surface area contributed by atoms with Crippen molar-refractivity contribution >= 4 is 6.09 Å². The van der Waals surface area contributed by atoms with Gasteiger partial charge in [-0.15, -0.1) is 0 Å². The maximum Gasteiger partial charge on any atom is 0.407 e. The van der Waals surface area contributed by atoms with Crippen LogP contribution in [0.25, 0.3) is 0 Å².